The normalized spacial score (nSPS) is 16.4. The van der Waals surface area contributed by atoms with Crippen LogP contribution in [0.5, 0.6) is 0 Å². The molecule has 1 heterocycles. The monoisotopic (exact) mass is 288 g/mol. The van der Waals surface area contributed by atoms with Crippen LogP contribution in [0.25, 0.3) is 0 Å². The smallest absolute Gasteiger partial charge is 0.354 e. The fourth-order valence-corrected chi connectivity index (χ4v) is 2.72. The van der Waals surface area contributed by atoms with Crippen molar-refractivity contribution in [2.75, 3.05) is 16.9 Å². The lowest BCUT2D eigenvalue weighted by Gasteiger charge is -2.29. The molecular formula is C13H19F3N4. The van der Waals surface area contributed by atoms with E-state index in [-0.39, 0.29) is 11.9 Å². The average molecular weight is 288 g/mol. The van der Waals surface area contributed by atoms with E-state index in [1.165, 1.54) is 0 Å². The second-order valence-electron chi connectivity index (χ2n) is 4.97. The fourth-order valence-electron chi connectivity index (χ4n) is 2.72. The summed E-state index contributed by atoms with van der Waals surface area (Å²) in [5.74, 6) is 5.60. The van der Waals surface area contributed by atoms with E-state index < -0.39 is 11.7 Å². The molecule has 1 aliphatic rings. The van der Waals surface area contributed by atoms with Crippen molar-refractivity contribution in [1.82, 2.24) is 4.98 Å². The third-order valence-electron chi connectivity index (χ3n) is 3.69. The van der Waals surface area contributed by atoms with E-state index in [0.717, 1.165) is 37.8 Å². The van der Waals surface area contributed by atoms with Gasteiger partial charge in [0.25, 0.3) is 0 Å². The number of nitrogens with two attached hydrogens (primary N) is 1. The zero-order chi connectivity index (χ0) is 14.8. The van der Waals surface area contributed by atoms with E-state index >= 15 is 0 Å². The molecule has 1 aromatic rings. The van der Waals surface area contributed by atoms with Crippen LogP contribution in [0.15, 0.2) is 12.1 Å². The molecule has 112 valence electrons. The number of halogens is 3. The zero-order valence-electron chi connectivity index (χ0n) is 11.4. The van der Waals surface area contributed by atoms with Crippen LogP contribution in [-0.4, -0.2) is 17.6 Å². The van der Waals surface area contributed by atoms with Gasteiger partial charge in [-0.25, -0.2) is 10.8 Å². The summed E-state index contributed by atoms with van der Waals surface area (Å²) in [6.07, 6.45) is -0.184. The van der Waals surface area contributed by atoms with Gasteiger partial charge in [0.2, 0.25) is 0 Å². The van der Waals surface area contributed by atoms with Crippen molar-refractivity contribution in [1.29, 1.82) is 0 Å². The number of rotatable bonds is 4. The second-order valence-corrected chi connectivity index (χ2v) is 4.97. The molecule has 1 aliphatic carbocycles. The highest BCUT2D eigenvalue weighted by Gasteiger charge is 2.33. The van der Waals surface area contributed by atoms with Crippen LogP contribution in [0.2, 0.25) is 0 Å². The van der Waals surface area contributed by atoms with Crippen LogP contribution >= 0.6 is 0 Å². The minimum atomic E-state index is -4.40. The lowest BCUT2D eigenvalue weighted by Crippen LogP contribution is -2.34. The number of nitrogen functional groups attached to an aromatic ring is 1. The van der Waals surface area contributed by atoms with Crippen molar-refractivity contribution in [2.24, 2.45) is 5.84 Å². The number of hydrazine groups is 1. The summed E-state index contributed by atoms with van der Waals surface area (Å²) < 4.78 is 38.7. The number of pyridine rings is 1. The van der Waals surface area contributed by atoms with Crippen molar-refractivity contribution in [2.45, 2.75) is 44.8 Å². The molecule has 20 heavy (non-hydrogen) atoms. The maximum absolute atomic E-state index is 12.9. The number of hydrogen-bond donors (Lipinski definition) is 2. The number of hydrogen-bond acceptors (Lipinski definition) is 4. The average Bonchev–Trinajstić information content (AvgIpc) is 2.92. The Labute approximate surface area is 116 Å². The Kier molecular flexibility index (Phi) is 4.37. The summed E-state index contributed by atoms with van der Waals surface area (Å²) in [6, 6.07) is 2.29. The molecule has 0 aromatic carbocycles. The summed E-state index contributed by atoms with van der Waals surface area (Å²) in [6.45, 7) is 2.55. The molecule has 0 saturated heterocycles. The highest BCUT2D eigenvalue weighted by Crippen LogP contribution is 2.34. The minimum absolute atomic E-state index is 0.0336. The number of nitrogens with zero attached hydrogens (tertiary/aromatic N) is 2. The summed E-state index contributed by atoms with van der Waals surface area (Å²) >= 11 is 0. The molecule has 0 radical (unpaired) electrons. The first kappa shape index (κ1) is 14.9. The van der Waals surface area contributed by atoms with E-state index in [9.17, 15) is 13.2 Å². The van der Waals surface area contributed by atoms with Crippen LogP contribution < -0.4 is 16.2 Å². The summed E-state index contributed by atoms with van der Waals surface area (Å²) in [4.78, 5) is 6.10. The van der Waals surface area contributed by atoms with Crippen molar-refractivity contribution in [3.63, 3.8) is 0 Å². The first-order valence-corrected chi connectivity index (χ1v) is 6.78. The van der Waals surface area contributed by atoms with Crippen molar-refractivity contribution >= 4 is 11.6 Å². The van der Waals surface area contributed by atoms with E-state index in [1.54, 1.807) is 0 Å². The molecule has 0 aliphatic heterocycles. The Bertz CT molecular complexity index is 455. The highest BCUT2D eigenvalue weighted by molar-refractivity contribution is 5.51. The number of nitrogens with one attached hydrogen (secondary N) is 1. The predicted molar refractivity (Wildman–Crippen MR) is 72.3 cm³/mol. The molecule has 0 spiro atoms. The quantitative estimate of drug-likeness (QED) is 0.660. The predicted octanol–water partition coefficient (Wildman–Crippen LogP) is 3.15. The van der Waals surface area contributed by atoms with Gasteiger partial charge in [-0.3, -0.25) is 0 Å². The molecular weight excluding hydrogens is 269 g/mol. The summed E-state index contributed by atoms with van der Waals surface area (Å²) in [7, 11) is 0. The molecule has 7 heteroatoms. The number of alkyl halides is 3. The molecule has 0 atom stereocenters. The van der Waals surface area contributed by atoms with E-state index in [2.05, 4.69) is 10.4 Å². The Morgan fingerprint density at radius 2 is 2.00 bits per heavy atom. The number of aromatic nitrogens is 1. The van der Waals surface area contributed by atoms with E-state index in [1.807, 2.05) is 11.8 Å². The molecule has 3 N–H and O–H groups in total. The molecule has 1 fully saturated rings. The van der Waals surface area contributed by atoms with Crippen molar-refractivity contribution in [3.8, 4) is 0 Å². The van der Waals surface area contributed by atoms with Gasteiger partial charge in [0.15, 0.2) is 0 Å². The summed E-state index contributed by atoms with van der Waals surface area (Å²) in [5, 5.41) is 0. The molecule has 0 unspecified atom stereocenters. The van der Waals surface area contributed by atoms with Crippen molar-refractivity contribution < 1.29 is 13.2 Å². The van der Waals surface area contributed by atoms with E-state index in [0.29, 0.717) is 12.4 Å². The number of anilines is 2. The Hall–Kier alpha value is -1.50. The van der Waals surface area contributed by atoms with Crippen LogP contribution in [-0.2, 0) is 6.18 Å². The lowest BCUT2D eigenvalue weighted by molar-refractivity contribution is -0.137. The van der Waals surface area contributed by atoms with Gasteiger partial charge in [0, 0.05) is 12.6 Å². The molecule has 1 aromatic heterocycles. The van der Waals surface area contributed by atoms with E-state index in [4.69, 9.17) is 5.84 Å². The Morgan fingerprint density at radius 1 is 1.35 bits per heavy atom. The van der Waals surface area contributed by atoms with Gasteiger partial charge in [-0.05, 0) is 31.9 Å². The van der Waals surface area contributed by atoms with Gasteiger partial charge < -0.3 is 10.3 Å². The first-order chi connectivity index (χ1) is 9.45. The fraction of sp³-hybridized carbons (Fsp3) is 0.615. The van der Waals surface area contributed by atoms with Gasteiger partial charge in [-0.15, -0.1) is 0 Å². The van der Waals surface area contributed by atoms with Gasteiger partial charge >= 0.3 is 6.18 Å². The Balaban J connectivity index is 2.38. The zero-order valence-corrected chi connectivity index (χ0v) is 11.4. The summed E-state index contributed by atoms with van der Waals surface area (Å²) in [5.41, 5.74) is 1.48. The third kappa shape index (κ3) is 3.15. The van der Waals surface area contributed by atoms with Gasteiger partial charge in [0.1, 0.15) is 11.6 Å². The van der Waals surface area contributed by atoms with Crippen molar-refractivity contribution in [3.05, 3.63) is 17.7 Å². The SMILES string of the molecule is CCN(c1cc(C(F)(F)F)cc(NN)n1)C1CCCC1. The minimum Gasteiger partial charge on any atom is -0.354 e. The highest BCUT2D eigenvalue weighted by atomic mass is 19.4. The van der Waals surface area contributed by atoms with Crippen LogP contribution in [0, 0.1) is 0 Å². The van der Waals surface area contributed by atoms with Crippen LogP contribution in [0.3, 0.4) is 0 Å². The van der Waals surface area contributed by atoms with Crippen LogP contribution in [0.1, 0.15) is 38.2 Å². The Morgan fingerprint density at radius 3 is 2.50 bits per heavy atom. The third-order valence-corrected chi connectivity index (χ3v) is 3.69. The molecule has 1 saturated carbocycles. The maximum atomic E-state index is 12.9. The molecule has 0 amide bonds. The second kappa shape index (κ2) is 5.87. The molecule has 2 rings (SSSR count). The van der Waals surface area contributed by atoms with Gasteiger partial charge in [0.05, 0.1) is 5.56 Å². The van der Waals surface area contributed by atoms with Gasteiger partial charge in [-0.2, -0.15) is 13.2 Å². The maximum Gasteiger partial charge on any atom is 0.416 e. The first-order valence-electron chi connectivity index (χ1n) is 6.78. The standard InChI is InChI=1S/C13H19F3N4/c1-2-20(10-5-3-4-6-10)12-8-9(13(14,15)16)7-11(18-12)19-17/h7-8,10H,2-6,17H2,1H3,(H,18,19). The van der Waals surface area contributed by atoms with Gasteiger partial charge in [-0.1, -0.05) is 12.8 Å². The molecule has 0 bridgehead atoms. The largest absolute Gasteiger partial charge is 0.416 e. The topological polar surface area (TPSA) is 54.2 Å². The van der Waals surface area contributed by atoms with Crippen LogP contribution in [0.4, 0.5) is 24.8 Å². The molecule has 4 nitrogen and oxygen atoms in total. The lowest BCUT2D eigenvalue weighted by atomic mass is 10.2.